The van der Waals surface area contributed by atoms with E-state index in [0.717, 1.165) is 27.8 Å². The lowest BCUT2D eigenvalue weighted by Gasteiger charge is -2.03. The van der Waals surface area contributed by atoms with E-state index in [1.165, 1.54) is 0 Å². The summed E-state index contributed by atoms with van der Waals surface area (Å²) in [5, 5.41) is 2.24. The van der Waals surface area contributed by atoms with Crippen LogP contribution in [0.4, 0.5) is 6.01 Å². The van der Waals surface area contributed by atoms with Crippen LogP contribution in [0, 0.1) is 0 Å². The van der Waals surface area contributed by atoms with Crippen LogP contribution in [0.2, 0.25) is 0 Å². The molecule has 3 rings (SSSR count). The molecule has 90 valence electrons. The molecule has 4 heteroatoms. The predicted octanol–water partition coefficient (Wildman–Crippen LogP) is 3.09. The summed E-state index contributed by atoms with van der Waals surface area (Å²) in [6.07, 6.45) is 1.56. The largest absolute Gasteiger partial charge is 0.497 e. The second-order valence-corrected chi connectivity index (χ2v) is 4.00. The average molecular weight is 240 g/mol. The molecule has 1 heterocycles. The first-order valence-corrected chi connectivity index (χ1v) is 5.55. The Hall–Kier alpha value is -2.49. The highest BCUT2D eigenvalue weighted by Gasteiger charge is 2.05. The van der Waals surface area contributed by atoms with Crippen molar-refractivity contribution in [1.82, 2.24) is 4.98 Å². The quantitative estimate of drug-likeness (QED) is 0.747. The van der Waals surface area contributed by atoms with Crippen molar-refractivity contribution < 1.29 is 9.15 Å². The van der Waals surface area contributed by atoms with Crippen LogP contribution in [-0.4, -0.2) is 12.1 Å². The minimum absolute atomic E-state index is 0.180. The van der Waals surface area contributed by atoms with Gasteiger partial charge in [0.2, 0.25) is 0 Å². The van der Waals surface area contributed by atoms with Crippen molar-refractivity contribution in [3.05, 3.63) is 42.7 Å². The number of nitrogen functional groups attached to an aromatic ring is 1. The molecule has 0 spiro atoms. The zero-order valence-electron chi connectivity index (χ0n) is 9.88. The summed E-state index contributed by atoms with van der Waals surface area (Å²) in [7, 11) is 1.66. The van der Waals surface area contributed by atoms with Gasteiger partial charge in [-0.15, -0.1) is 0 Å². The van der Waals surface area contributed by atoms with E-state index >= 15 is 0 Å². The third-order valence-corrected chi connectivity index (χ3v) is 2.87. The average Bonchev–Trinajstić information content (AvgIpc) is 2.84. The standard InChI is InChI=1S/C14H12N2O2/c1-17-12-5-4-9-6-11(3-2-10(9)7-12)13-8-18-14(15)16-13/h2-8H,1H3,(H2,15,16). The summed E-state index contributed by atoms with van der Waals surface area (Å²) in [5.74, 6) is 0.848. The lowest BCUT2D eigenvalue weighted by molar-refractivity contribution is 0.415. The fourth-order valence-electron chi connectivity index (χ4n) is 1.93. The van der Waals surface area contributed by atoms with Gasteiger partial charge in [0.15, 0.2) is 0 Å². The number of anilines is 1. The van der Waals surface area contributed by atoms with E-state index < -0.39 is 0 Å². The molecule has 0 saturated heterocycles. The Balaban J connectivity index is 2.11. The topological polar surface area (TPSA) is 61.3 Å². The summed E-state index contributed by atoms with van der Waals surface area (Å²) in [4.78, 5) is 4.11. The number of aromatic nitrogens is 1. The van der Waals surface area contributed by atoms with E-state index in [-0.39, 0.29) is 6.01 Å². The van der Waals surface area contributed by atoms with Gasteiger partial charge in [-0.25, -0.2) is 0 Å². The maximum Gasteiger partial charge on any atom is 0.292 e. The number of fused-ring (bicyclic) bond motifs is 1. The Morgan fingerprint density at radius 2 is 1.89 bits per heavy atom. The van der Waals surface area contributed by atoms with Crippen LogP contribution in [0.5, 0.6) is 5.75 Å². The Morgan fingerprint density at radius 3 is 2.61 bits per heavy atom. The van der Waals surface area contributed by atoms with Crippen molar-refractivity contribution in [2.45, 2.75) is 0 Å². The Bertz CT molecular complexity index is 704. The molecule has 4 nitrogen and oxygen atoms in total. The molecular formula is C14H12N2O2. The van der Waals surface area contributed by atoms with Crippen molar-refractivity contribution >= 4 is 16.8 Å². The molecule has 0 aliphatic carbocycles. The smallest absolute Gasteiger partial charge is 0.292 e. The molecule has 0 amide bonds. The van der Waals surface area contributed by atoms with Crippen LogP contribution < -0.4 is 10.5 Å². The molecule has 0 radical (unpaired) electrons. The summed E-state index contributed by atoms with van der Waals surface area (Å²) in [6.45, 7) is 0. The molecule has 0 aliphatic rings. The second kappa shape index (κ2) is 4.07. The Morgan fingerprint density at radius 1 is 1.11 bits per heavy atom. The van der Waals surface area contributed by atoms with Crippen molar-refractivity contribution in [1.29, 1.82) is 0 Å². The number of rotatable bonds is 2. The zero-order chi connectivity index (χ0) is 12.5. The van der Waals surface area contributed by atoms with Crippen LogP contribution in [-0.2, 0) is 0 Å². The monoisotopic (exact) mass is 240 g/mol. The number of ether oxygens (including phenoxy) is 1. The fraction of sp³-hybridized carbons (Fsp3) is 0.0714. The molecule has 0 atom stereocenters. The Kier molecular flexibility index (Phi) is 2.41. The van der Waals surface area contributed by atoms with E-state index in [2.05, 4.69) is 4.98 Å². The fourth-order valence-corrected chi connectivity index (χ4v) is 1.93. The second-order valence-electron chi connectivity index (χ2n) is 4.00. The highest BCUT2D eigenvalue weighted by Crippen LogP contribution is 2.26. The highest BCUT2D eigenvalue weighted by molar-refractivity contribution is 5.87. The summed E-state index contributed by atoms with van der Waals surface area (Å²) in [6, 6.07) is 12.2. The predicted molar refractivity (Wildman–Crippen MR) is 70.4 cm³/mol. The first-order valence-electron chi connectivity index (χ1n) is 5.55. The van der Waals surface area contributed by atoms with Crippen LogP contribution >= 0.6 is 0 Å². The van der Waals surface area contributed by atoms with E-state index in [4.69, 9.17) is 14.9 Å². The van der Waals surface area contributed by atoms with Gasteiger partial charge in [0.05, 0.1) is 7.11 Å². The van der Waals surface area contributed by atoms with Crippen molar-refractivity contribution in [3.8, 4) is 17.0 Å². The van der Waals surface area contributed by atoms with Gasteiger partial charge in [0.25, 0.3) is 6.01 Å². The molecule has 0 saturated carbocycles. The Labute approximate surface area is 104 Å². The van der Waals surface area contributed by atoms with Gasteiger partial charge < -0.3 is 14.9 Å². The van der Waals surface area contributed by atoms with Gasteiger partial charge >= 0.3 is 0 Å². The third-order valence-electron chi connectivity index (χ3n) is 2.87. The minimum Gasteiger partial charge on any atom is -0.497 e. The van der Waals surface area contributed by atoms with E-state index in [9.17, 15) is 0 Å². The number of nitrogens with zero attached hydrogens (tertiary/aromatic N) is 1. The first-order chi connectivity index (χ1) is 8.76. The summed E-state index contributed by atoms with van der Waals surface area (Å²) >= 11 is 0. The number of benzene rings is 2. The van der Waals surface area contributed by atoms with Crippen LogP contribution in [0.1, 0.15) is 0 Å². The van der Waals surface area contributed by atoms with Gasteiger partial charge in [-0.3, -0.25) is 0 Å². The van der Waals surface area contributed by atoms with E-state index in [1.807, 2.05) is 36.4 Å². The minimum atomic E-state index is 0.180. The molecule has 0 aliphatic heterocycles. The lowest BCUT2D eigenvalue weighted by Crippen LogP contribution is -1.85. The molecule has 2 aromatic carbocycles. The van der Waals surface area contributed by atoms with Gasteiger partial charge in [0, 0.05) is 5.56 Å². The van der Waals surface area contributed by atoms with Crippen molar-refractivity contribution in [2.24, 2.45) is 0 Å². The molecule has 3 aromatic rings. The highest BCUT2D eigenvalue weighted by atomic mass is 16.5. The maximum atomic E-state index is 5.47. The number of methoxy groups -OCH3 is 1. The first kappa shape index (κ1) is 10.7. The van der Waals surface area contributed by atoms with Crippen molar-refractivity contribution in [3.63, 3.8) is 0 Å². The molecule has 2 N–H and O–H groups in total. The third kappa shape index (κ3) is 1.78. The summed E-state index contributed by atoms with van der Waals surface area (Å²) in [5.41, 5.74) is 7.19. The van der Waals surface area contributed by atoms with E-state index in [1.54, 1.807) is 13.4 Å². The van der Waals surface area contributed by atoms with Crippen LogP contribution in [0.15, 0.2) is 47.1 Å². The van der Waals surface area contributed by atoms with Crippen LogP contribution in [0.25, 0.3) is 22.0 Å². The molecular weight excluding hydrogens is 228 g/mol. The van der Waals surface area contributed by atoms with Crippen LogP contribution in [0.3, 0.4) is 0 Å². The van der Waals surface area contributed by atoms with Gasteiger partial charge in [-0.05, 0) is 29.0 Å². The maximum absolute atomic E-state index is 5.47. The number of hydrogen-bond acceptors (Lipinski definition) is 4. The molecule has 0 unspecified atom stereocenters. The van der Waals surface area contributed by atoms with Gasteiger partial charge in [-0.2, -0.15) is 4.98 Å². The van der Waals surface area contributed by atoms with Gasteiger partial charge in [0.1, 0.15) is 17.7 Å². The molecule has 1 aromatic heterocycles. The molecule has 0 fully saturated rings. The lowest BCUT2D eigenvalue weighted by atomic mass is 10.1. The van der Waals surface area contributed by atoms with Gasteiger partial charge in [-0.1, -0.05) is 18.2 Å². The summed E-state index contributed by atoms with van der Waals surface area (Å²) < 4.78 is 10.2. The normalized spacial score (nSPS) is 10.7. The number of nitrogens with two attached hydrogens (primary N) is 1. The van der Waals surface area contributed by atoms with Crippen molar-refractivity contribution in [2.75, 3.05) is 12.8 Å². The SMILES string of the molecule is COc1ccc2cc(-c3coc(N)n3)ccc2c1. The van der Waals surface area contributed by atoms with E-state index in [0.29, 0.717) is 0 Å². The molecule has 0 bridgehead atoms. The number of oxazole rings is 1. The number of hydrogen-bond donors (Lipinski definition) is 1. The molecule has 18 heavy (non-hydrogen) atoms. The zero-order valence-corrected chi connectivity index (χ0v) is 9.88.